The van der Waals surface area contributed by atoms with Gasteiger partial charge in [-0.25, -0.2) is 9.97 Å². The Morgan fingerprint density at radius 2 is 2.18 bits per heavy atom. The highest BCUT2D eigenvalue weighted by atomic mass is 35.5. The SMILES string of the molecule is Cc1ncc(Cl)c(C(=O)Nc2cccc(-c3ccn[nH]3)c2)n1. The zero-order chi connectivity index (χ0) is 15.5. The van der Waals surface area contributed by atoms with Crippen LogP contribution in [0.4, 0.5) is 5.69 Å². The maximum atomic E-state index is 12.3. The standard InChI is InChI=1S/C15H12ClN5O/c1-9-17-8-12(16)14(19-9)15(22)20-11-4-2-3-10(7-11)13-5-6-18-21-13/h2-8H,1H3,(H,18,21)(H,20,22). The van der Waals surface area contributed by atoms with E-state index in [2.05, 4.69) is 25.5 Å². The van der Waals surface area contributed by atoms with Gasteiger partial charge >= 0.3 is 0 Å². The van der Waals surface area contributed by atoms with Crippen LogP contribution in [0.3, 0.4) is 0 Å². The van der Waals surface area contributed by atoms with E-state index in [1.54, 1.807) is 19.2 Å². The van der Waals surface area contributed by atoms with E-state index in [1.165, 1.54) is 6.20 Å². The van der Waals surface area contributed by atoms with E-state index >= 15 is 0 Å². The molecule has 0 aliphatic rings. The number of aromatic amines is 1. The van der Waals surface area contributed by atoms with Gasteiger partial charge in [-0.3, -0.25) is 9.89 Å². The van der Waals surface area contributed by atoms with Gasteiger partial charge in [0.15, 0.2) is 5.69 Å². The van der Waals surface area contributed by atoms with Crippen LogP contribution in [0, 0.1) is 6.92 Å². The van der Waals surface area contributed by atoms with Crippen molar-refractivity contribution in [2.45, 2.75) is 6.92 Å². The van der Waals surface area contributed by atoms with Gasteiger partial charge in [-0.2, -0.15) is 5.10 Å². The summed E-state index contributed by atoms with van der Waals surface area (Å²) in [5.74, 6) is 0.109. The van der Waals surface area contributed by atoms with Crippen molar-refractivity contribution in [2.75, 3.05) is 5.32 Å². The number of benzene rings is 1. The number of nitrogens with zero attached hydrogens (tertiary/aromatic N) is 3. The van der Waals surface area contributed by atoms with Crippen molar-refractivity contribution in [3.05, 3.63) is 59.3 Å². The summed E-state index contributed by atoms with van der Waals surface area (Å²) in [6.07, 6.45) is 3.09. The number of hydrogen-bond donors (Lipinski definition) is 2. The van der Waals surface area contributed by atoms with E-state index in [4.69, 9.17) is 11.6 Å². The van der Waals surface area contributed by atoms with Gasteiger partial charge in [-0.1, -0.05) is 23.7 Å². The van der Waals surface area contributed by atoms with Crippen LogP contribution < -0.4 is 5.32 Å². The minimum absolute atomic E-state index is 0.154. The van der Waals surface area contributed by atoms with Crippen molar-refractivity contribution in [3.63, 3.8) is 0 Å². The van der Waals surface area contributed by atoms with E-state index in [0.29, 0.717) is 11.5 Å². The molecule has 0 bridgehead atoms. The van der Waals surface area contributed by atoms with Gasteiger partial charge in [0.05, 0.1) is 16.9 Å². The number of rotatable bonds is 3. The molecule has 0 spiro atoms. The fraction of sp³-hybridized carbons (Fsp3) is 0.0667. The van der Waals surface area contributed by atoms with Crippen LogP contribution in [0.2, 0.25) is 5.02 Å². The van der Waals surface area contributed by atoms with Gasteiger partial charge in [0.25, 0.3) is 5.91 Å². The molecular formula is C15H12ClN5O. The Kier molecular flexibility index (Phi) is 3.84. The number of carbonyl (C=O) groups excluding carboxylic acids is 1. The van der Waals surface area contributed by atoms with Crippen LogP contribution in [-0.2, 0) is 0 Å². The van der Waals surface area contributed by atoms with Crippen molar-refractivity contribution in [2.24, 2.45) is 0 Å². The molecular weight excluding hydrogens is 302 g/mol. The van der Waals surface area contributed by atoms with Crippen LogP contribution in [0.25, 0.3) is 11.3 Å². The number of halogens is 1. The molecule has 3 aromatic rings. The fourth-order valence-electron chi connectivity index (χ4n) is 1.99. The predicted octanol–water partition coefficient (Wildman–Crippen LogP) is 3.08. The smallest absolute Gasteiger partial charge is 0.275 e. The van der Waals surface area contributed by atoms with Gasteiger partial charge in [0.1, 0.15) is 5.82 Å². The molecule has 2 N–H and O–H groups in total. The highest BCUT2D eigenvalue weighted by Crippen LogP contribution is 2.21. The first kappa shape index (κ1) is 14.2. The Morgan fingerprint density at radius 1 is 1.32 bits per heavy atom. The highest BCUT2D eigenvalue weighted by Gasteiger charge is 2.13. The molecule has 0 atom stereocenters. The third-order valence-electron chi connectivity index (χ3n) is 3.01. The maximum absolute atomic E-state index is 12.3. The first-order chi connectivity index (χ1) is 10.6. The predicted molar refractivity (Wildman–Crippen MR) is 83.8 cm³/mol. The second-order valence-corrected chi connectivity index (χ2v) is 5.03. The summed E-state index contributed by atoms with van der Waals surface area (Å²) in [5, 5.41) is 9.79. The number of hydrogen-bond acceptors (Lipinski definition) is 4. The van der Waals surface area contributed by atoms with E-state index in [1.807, 2.05) is 24.3 Å². The summed E-state index contributed by atoms with van der Waals surface area (Å²) >= 11 is 5.97. The van der Waals surface area contributed by atoms with Gasteiger partial charge < -0.3 is 5.32 Å². The first-order valence-corrected chi connectivity index (χ1v) is 6.91. The summed E-state index contributed by atoms with van der Waals surface area (Å²) in [6.45, 7) is 1.70. The van der Waals surface area contributed by atoms with Crippen LogP contribution in [0.5, 0.6) is 0 Å². The molecule has 2 heterocycles. The largest absolute Gasteiger partial charge is 0.321 e. The van der Waals surface area contributed by atoms with Crippen LogP contribution in [0.15, 0.2) is 42.7 Å². The highest BCUT2D eigenvalue weighted by molar-refractivity contribution is 6.33. The van der Waals surface area contributed by atoms with Gasteiger partial charge in [0, 0.05) is 17.4 Å². The fourth-order valence-corrected chi connectivity index (χ4v) is 2.16. The Bertz CT molecular complexity index is 817. The molecule has 0 unspecified atom stereocenters. The third kappa shape index (κ3) is 2.96. The lowest BCUT2D eigenvalue weighted by atomic mass is 10.1. The molecule has 0 saturated carbocycles. The number of aromatic nitrogens is 4. The monoisotopic (exact) mass is 313 g/mol. The van der Waals surface area contributed by atoms with Crippen molar-refractivity contribution in [1.82, 2.24) is 20.2 Å². The Labute approximate surface area is 131 Å². The Hall–Kier alpha value is -2.73. The van der Waals surface area contributed by atoms with Gasteiger partial charge in [-0.05, 0) is 25.1 Å². The van der Waals surface area contributed by atoms with Crippen LogP contribution in [0.1, 0.15) is 16.3 Å². The van der Waals surface area contributed by atoms with E-state index < -0.39 is 0 Å². The quantitative estimate of drug-likeness (QED) is 0.778. The molecule has 0 aliphatic carbocycles. The number of aryl methyl sites for hydroxylation is 1. The Morgan fingerprint density at radius 3 is 2.95 bits per heavy atom. The summed E-state index contributed by atoms with van der Waals surface area (Å²) in [7, 11) is 0. The number of H-pyrrole nitrogens is 1. The van der Waals surface area contributed by atoms with Crippen molar-refractivity contribution >= 4 is 23.2 Å². The summed E-state index contributed by atoms with van der Waals surface area (Å²) in [6, 6.07) is 9.25. The number of anilines is 1. The van der Waals surface area contributed by atoms with Crippen molar-refractivity contribution in [1.29, 1.82) is 0 Å². The minimum Gasteiger partial charge on any atom is -0.321 e. The average molecular weight is 314 g/mol. The zero-order valence-electron chi connectivity index (χ0n) is 11.7. The lowest BCUT2D eigenvalue weighted by molar-refractivity contribution is 0.102. The first-order valence-electron chi connectivity index (χ1n) is 6.54. The second kappa shape index (κ2) is 5.95. The van der Waals surface area contributed by atoms with E-state index in [9.17, 15) is 4.79 Å². The summed E-state index contributed by atoms with van der Waals surface area (Å²) in [5.41, 5.74) is 2.58. The number of carbonyl (C=O) groups is 1. The molecule has 6 nitrogen and oxygen atoms in total. The molecule has 3 rings (SSSR count). The molecule has 0 aliphatic heterocycles. The molecule has 7 heteroatoms. The van der Waals surface area contributed by atoms with E-state index in [0.717, 1.165) is 11.3 Å². The minimum atomic E-state index is -0.378. The molecule has 0 fully saturated rings. The lowest BCUT2D eigenvalue weighted by Crippen LogP contribution is -2.15. The molecule has 0 radical (unpaired) electrons. The molecule has 0 saturated heterocycles. The molecule has 1 amide bonds. The van der Waals surface area contributed by atoms with Crippen molar-refractivity contribution < 1.29 is 4.79 Å². The topological polar surface area (TPSA) is 83.6 Å². The maximum Gasteiger partial charge on any atom is 0.275 e. The Balaban J connectivity index is 1.85. The van der Waals surface area contributed by atoms with Crippen LogP contribution >= 0.6 is 11.6 Å². The second-order valence-electron chi connectivity index (χ2n) is 4.62. The van der Waals surface area contributed by atoms with Crippen molar-refractivity contribution in [3.8, 4) is 11.3 Å². The molecule has 22 heavy (non-hydrogen) atoms. The summed E-state index contributed by atoms with van der Waals surface area (Å²) < 4.78 is 0. The normalized spacial score (nSPS) is 10.5. The van der Waals surface area contributed by atoms with Crippen LogP contribution in [-0.4, -0.2) is 26.1 Å². The summed E-state index contributed by atoms with van der Waals surface area (Å²) in [4.78, 5) is 20.3. The number of nitrogens with one attached hydrogen (secondary N) is 2. The van der Waals surface area contributed by atoms with Gasteiger partial charge in [0.2, 0.25) is 0 Å². The molecule has 1 aromatic carbocycles. The number of amides is 1. The molecule has 2 aromatic heterocycles. The average Bonchev–Trinajstić information content (AvgIpc) is 3.04. The zero-order valence-corrected chi connectivity index (χ0v) is 12.4. The van der Waals surface area contributed by atoms with Gasteiger partial charge in [-0.15, -0.1) is 0 Å². The lowest BCUT2D eigenvalue weighted by Gasteiger charge is -2.07. The third-order valence-corrected chi connectivity index (χ3v) is 3.29. The molecule has 110 valence electrons. The van der Waals surface area contributed by atoms with E-state index in [-0.39, 0.29) is 16.6 Å².